The summed E-state index contributed by atoms with van der Waals surface area (Å²) in [7, 11) is -3.33. The zero-order valence-corrected chi connectivity index (χ0v) is 54.5. The van der Waals surface area contributed by atoms with Crippen molar-refractivity contribution in [2.24, 2.45) is 46.8 Å². The Morgan fingerprint density at radius 1 is 0.643 bits per heavy atom. The maximum absolute atomic E-state index is 14.1. The molecule has 7 rings (SSSR count). The minimum Gasteiger partial charge on any atom is -0.391 e. The smallest absolute Gasteiger partial charge is 0.246 e. The van der Waals surface area contributed by atoms with E-state index >= 15 is 0 Å². The number of amides is 6. The van der Waals surface area contributed by atoms with Crippen LogP contribution in [0.25, 0.3) is 0 Å². The number of unbranched alkanes of at least 4 members (excludes halogenated alkanes) is 12. The van der Waals surface area contributed by atoms with E-state index in [-0.39, 0.29) is 67.0 Å². The van der Waals surface area contributed by atoms with Gasteiger partial charge in [-0.25, -0.2) is 12.7 Å². The van der Waals surface area contributed by atoms with Crippen molar-refractivity contribution < 1.29 is 42.3 Å². The quantitative estimate of drug-likeness (QED) is 0.0313. The molecule has 0 aromatic rings. The molecule has 21 heteroatoms. The molecule has 0 spiro atoms. The highest BCUT2D eigenvalue weighted by molar-refractivity contribution is 8.00. The third kappa shape index (κ3) is 22.1. The van der Waals surface area contributed by atoms with Crippen molar-refractivity contribution in [2.75, 3.05) is 57.2 Å². The number of aliphatic hydroxyl groups excluding tert-OH is 1. The summed E-state index contributed by atoms with van der Waals surface area (Å²) in [6.07, 6.45) is 31.0. The van der Waals surface area contributed by atoms with Crippen LogP contribution >= 0.6 is 23.5 Å². The van der Waals surface area contributed by atoms with Gasteiger partial charge in [0.15, 0.2) is 0 Å². The van der Waals surface area contributed by atoms with Crippen molar-refractivity contribution >= 4 is 69.0 Å². The largest absolute Gasteiger partial charge is 0.391 e. The van der Waals surface area contributed by atoms with E-state index in [9.17, 15) is 42.3 Å². The lowest BCUT2D eigenvalue weighted by Crippen LogP contribution is -2.58. The Kier molecular flexibility index (Phi) is 28.1. The van der Waals surface area contributed by atoms with Crippen molar-refractivity contribution in [1.82, 2.24) is 46.4 Å². The van der Waals surface area contributed by atoms with Crippen LogP contribution in [0.1, 0.15) is 214 Å². The molecule has 3 saturated carbocycles. The van der Waals surface area contributed by atoms with Crippen molar-refractivity contribution in [2.45, 2.75) is 255 Å². The highest BCUT2D eigenvalue weighted by Gasteiger charge is 2.45. The van der Waals surface area contributed by atoms with E-state index in [0.717, 1.165) is 81.7 Å². The van der Waals surface area contributed by atoms with Crippen LogP contribution in [-0.4, -0.2) is 156 Å². The van der Waals surface area contributed by atoms with E-state index in [0.29, 0.717) is 79.3 Å². The summed E-state index contributed by atoms with van der Waals surface area (Å²) in [5, 5.41) is 33.7. The molecule has 4 heterocycles. The molecule has 7 fully saturated rings. The van der Waals surface area contributed by atoms with Gasteiger partial charge < -0.3 is 41.9 Å². The molecule has 0 aromatic heterocycles. The predicted molar refractivity (Wildman–Crippen MR) is 337 cm³/mol. The molecule has 4 saturated heterocycles. The molecule has 3 aliphatic carbocycles. The van der Waals surface area contributed by atoms with Gasteiger partial charge in [-0.2, -0.15) is 0 Å². The number of sulfonamides is 1. The Morgan fingerprint density at radius 2 is 1.25 bits per heavy atom. The Morgan fingerprint density at radius 3 is 1.87 bits per heavy atom. The highest BCUT2D eigenvalue weighted by atomic mass is 32.2. The molecule has 7 aliphatic rings. The zero-order valence-electron chi connectivity index (χ0n) is 52.1. The summed E-state index contributed by atoms with van der Waals surface area (Å²) >= 11 is 3.75. The number of aliphatic hydroxyl groups is 1. The van der Waals surface area contributed by atoms with E-state index in [1.807, 2.05) is 32.5 Å². The number of rotatable bonds is 31. The van der Waals surface area contributed by atoms with Gasteiger partial charge in [0.2, 0.25) is 45.5 Å². The molecule has 480 valence electrons. The second-order valence-corrected chi connectivity index (χ2v) is 32.1. The van der Waals surface area contributed by atoms with Gasteiger partial charge in [-0.3, -0.25) is 34.1 Å². The molecule has 18 nitrogen and oxygen atoms in total. The molecule has 84 heavy (non-hydrogen) atoms. The SMILES string of the molecule is CC1NCSC1C1CCC(CNC(=O)[C@@H]2C[C@@H](O)CN2C(=O)[C@@H](NC(=O)CCCCCCCCCCCCCCCC(=O)NCC2CCCC(C3CCCC(C4CSC(NC(=O)CNC(=O)C5CCN(S(C)(=O)=O)C5)N4)C3)C2)C(C)(C)C)CC1. The van der Waals surface area contributed by atoms with Gasteiger partial charge in [0, 0.05) is 80.9 Å². The first kappa shape index (κ1) is 68.8. The molecule has 0 aromatic carbocycles. The van der Waals surface area contributed by atoms with Crippen LogP contribution in [0, 0.1) is 46.8 Å². The number of carbonyl (C=O) groups excluding carboxylic acids is 6. The first-order valence-corrected chi connectivity index (χ1v) is 37.2. The number of hydrogen-bond donors (Lipinski definition) is 8. The third-order valence-corrected chi connectivity index (χ3v) is 24.0. The average molecular weight is 1230 g/mol. The summed E-state index contributed by atoms with van der Waals surface area (Å²) in [6, 6.07) is -0.648. The van der Waals surface area contributed by atoms with E-state index in [1.54, 1.807) is 11.8 Å². The zero-order chi connectivity index (χ0) is 60.2. The molecular weight excluding hydrogens is 1120 g/mol. The van der Waals surface area contributed by atoms with Crippen LogP contribution < -0.4 is 37.2 Å². The Labute approximate surface area is 513 Å². The molecule has 0 bridgehead atoms. The second-order valence-electron chi connectivity index (χ2n) is 27.8. The summed E-state index contributed by atoms with van der Waals surface area (Å²) in [5.74, 6) is 4.23. The van der Waals surface area contributed by atoms with E-state index in [4.69, 9.17) is 0 Å². The lowest BCUT2D eigenvalue weighted by Gasteiger charge is -2.40. The molecule has 9 unspecified atom stereocenters. The fraction of sp³-hybridized carbons (Fsp3) is 0.905. The summed E-state index contributed by atoms with van der Waals surface area (Å²) in [5.41, 5.74) is -0.760. The molecule has 0 radical (unpaired) electrons. The minimum atomic E-state index is -3.33. The van der Waals surface area contributed by atoms with Crippen molar-refractivity contribution in [3.05, 3.63) is 0 Å². The lowest BCUT2D eigenvalue weighted by molar-refractivity contribution is -0.144. The number of likely N-dealkylation sites (tertiary alicyclic amines) is 1. The first-order valence-electron chi connectivity index (χ1n) is 33.3. The van der Waals surface area contributed by atoms with Gasteiger partial charge in [0.1, 0.15) is 17.6 Å². The molecule has 4 aliphatic heterocycles. The van der Waals surface area contributed by atoms with E-state index < -0.39 is 39.5 Å². The Bertz CT molecular complexity index is 2220. The number of carbonyl (C=O) groups is 6. The minimum absolute atomic E-state index is 0.0923. The summed E-state index contributed by atoms with van der Waals surface area (Å²) in [4.78, 5) is 80.6. The first-order chi connectivity index (χ1) is 40.2. The van der Waals surface area contributed by atoms with E-state index in [1.165, 1.54) is 118 Å². The fourth-order valence-electron chi connectivity index (χ4n) is 15.0. The van der Waals surface area contributed by atoms with Crippen LogP contribution in [-0.2, 0) is 38.8 Å². The highest BCUT2D eigenvalue weighted by Crippen LogP contribution is 2.44. The number of nitrogens with zero attached hydrogens (tertiary/aromatic N) is 2. The van der Waals surface area contributed by atoms with Crippen LogP contribution in [0.2, 0.25) is 0 Å². The lowest BCUT2D eigenvalue weighted by atomic mass is 9.67. The van der Waals surface area contributed by atoms with Gasteiger partial charge in [-0.15, -0.1) is 23.5 Å². The summed E-state index contributed by atoms with van der Waals surface area (Å²) in [6.45, 7) is 9.93. The van der Waals surface area contributed by atoms with Crippen molar-refractivity contribution in [3.63, 3.8) is 0 Å². The normalized spacial score (nSPS) is 30.9. The van der Waals surface area contributed by atoms with Gasteiger partial charge in [-0.1, -0.05) is 117 Å². The van der Waals surface area contributed by atoms with Gasteiger partial charge in [0.05, 0.1) is 24.8 Å². The van der Waals surface area contributed by atoms with Gasteiger partial charge in [0.25, 0.3) is 0 Å². The molecule has 8 N–H and O–H groups in total. The summed E-state index contributed by atoms with van der Waals surface area (Å²) < 4.78 is 25.0. The van der Waals surface area contributed by atoms with Crippen molar-refractivity contribution in [3.8, 4) is 0 Å². The van der Waals surface area contributed by atoms with E-state index in [2.05, 4.69) is 44.1 Å². The van der Waals surface area contributed by atoms with Crippen molar-refractivity contribution in [1.29, 1.82) is 0 Å². The molecule has 6 amide bonds. The Balaban J connectivity index is 0.654. The number of thioether (sulfide) groups is 2. The van der Waals surface area contributed by atoms with Gasteiger partial charge in [-0.05, 0) is 118 Å². The average Bonchev–Trinajstić information content (AvgIpc) is 4.29. The maximum atomic E-state index is 14.1. The third-order valence-electron chi connectivity index (χ3n) is 20.1. The van der Waals surface area contributed by atoms with Crippen LogP contribution in [0.5, 0.6) is 0 Å². The fourth-order valence-corrected chi connectivity index (χ4v) is 18.6. The van der Waals surface area contributed by atoms with Crippen LogP contribution in [0.3, 0.4) is 0 Å². The number of β-amino-alcohol motifs (C(OH)–C–C–N with tert-alkyl or cyclic N) is 1. The Hall–Kier alpha value is -2.69. The number of hydrogen-bond acceptors (Lipinski definition) is 13. The monoisotopic (exact) mass is 1230 g/mol. The number of nitrogens with one attached hydrogen (secondary N) is 7. The maximum Gasteiger partial charge on any atom is 0.246 e. The topological polar surface area (TPSA) is 247 Å². The second kappa shape index (κ2) is 34.3. The molecular formula is C63H111N9O9S3. The molecule has 12 atom stereocenters. The van der Waals surface area contributed by atoms with Gasteiger partial charge >= 0.3 is 0 Å². The van der Waals surface area contributed by atoms with Crippen LogP contribution in [0.4, 0.5) is 0 Å². The predicted octanol–water partition coefficient (Wildman–Crippen LogP) is 7.54. The van der Waals surface area contributed by atoms with Crippen LogP contribution in [0.15, 0.2) is 0 Å². The standard InChI is InChI=1S/C63H111N9O9S3/c1-43-57(83-42-67-43)46-29-27-44(28-30-46)36-65-60(78)53-35-51(73)40-72(53)61(79)58(63(2,3)4)69-55(75)26-18-16-14-12-10-8-6-7-9-11-13-15-17-25-54(74)64-37-45-21-19-22-47(33-45)48-23-20-24-49(34-48)52-41-82-62(68-52)70-56(76)38-66-59(77)50-31-32-71(39-50)84(5,80)81/h43-53,57-58,62,67-68,73H,6-42H2,1-5H3,(H,64,74)(H,65,78)(H,66,77)(H,69,75)(H,70,76)/t43?,44?,45?,46?,47?,48?,49?,50?,51-,52?,53+,57?,58-,62?/m1/s1.